The monoisotopic (exact) mass is 422 g/mol. The first-order valence-electron chi connectivity index (χ1n) is 10.9. The summed E-state index contributed by atoms with van der Waals surface area (Å²) >= 11 is 0. The molecule has 0 bridgehead atoms. The number of primary amides is 1. The lowest BCUT2D eigenvalue weighted by Gasteiger charge is -2.39. The molecule has 31 heavy (non-hydrogen) atoms. The van der Waals surface area contributed by atoms with Gasteiger partial charge in [0.25, 0.3) is 5.91 Å². The van der Waals surface area contributed by atoms with Crippen molar-refractivity contribution in [3.63, 3.8) is 0 Å². The zero-order valence-electron chi connectivity index (χ0n) is 17.7. The van der Waals surface area contributed by atoms with E-state index in [0.29, 0.717) is 17.2 Å². The van der Waals surface area contributed by atoms with Gasteiger partial charge in [0.05, 0.1) is 0 Å². The molecule has 2 aromatic rings. The smallest absolute Gasteiger partial charge is 0.316 e. The number of aromatic nitrogens is 1. The van der Waals surface area contributed by atoms with E-state index in [1.807, 2.05) is 23.2 Å². The maximum absolute atomic E-state index is 13.0. The summed E-state index contributed by atoms with van der Waals surface area (Å²) in [5, 5.41) is 2.52. The van der Waals surface area contributed by atoms with Crippen LogP contribution in [0.15, 0.2) is 48.7 Å². The van der Waals surface area contributed by atoms with Crippen LogP contribution in [0.25, 0.3) is 0 Å². The summed E-state index contributed by atoms with van der Waals surface area (Å²) in [7, 11) is 0. The third-order valence-electron chi connectivity index (χ3n) is 6.07. The summed E-state index contributed by atoms with van der Waals surface area (Å²) in [5.41, 5.74) is 6.36. The van der Waals surface area contributed by atoms with E-state index in [2.05, 4.69) is 26.2 Å². The van der Waals surface area contributed by atoms with E-state index in [4.69, 9.17) is 5.73 Å². The molecule has 4 rings (SSSR count). The molecule has 1 aromatic heterocycles. The number of piperazine rings is 1. The van der Waals surface area contributed by atoms with Crippen LogP contribution in [0.3, 0.4) is 0 Å². The molecule has 0 aliphatic carbocycles. The third kappa shape index (κ3) is 5.52. The standard InChI is InChI=1S/C23H30N6O2/c24-23(31)26-20-8-6-19(7-9-20)22(30)29-11-3-4-18(17-29)16-27-12-14-28(15-13-27)21-5-1-2-10-25-21/h1-2,5-10,18H,3-4,11-17H2,(H3,24,26,31). The van der Waals surface area contributed by atoms with Gasteiger partial charge in [0.2, 0.25) is 0 Å². The molecule has 2 aliphatic rings. The van der Waals surface area contributed by atoms with E-state index in [1.54, 1.807) is 24.3 Å². The fourth-order valence-electron chi connectivity index (χ4n) is 4.49. The molecular weight excluding hydrogens is 392 g/mol. The number of hydrogen-bond donors (Lipinski definition) is 2. The Labute approximate surface area is 183 Å². The quantitative estimate of drug-likeness (QED) is 0.771. The first-order chi connectivity index (χ1) is 15.1. The van der Waals surface area contributed by atoms with Crippen LogP contribution in [0.2, 0.25) is 0 Å². The average molecular weight is 423 g/mol. The SMILES string of the molecule is NC(=O)Nc1ccc(C(=O)N2CCCC(CN3CCN(c4ccccn4)CC3)C2)cc1. The van der Waals surface area contributed by atoms with E-state index in [9.17, 15) is 9.59 Å². The number of carbonyl (C=O) groups excluding carboxylic acids is 2. The zero-order chi connectivity index (χ0) is 21.6. The van der Waals surface area contributed by atoms with Crippen LogP contribution in [0.5, 0.6) is 0 Å². The number of benzene rings is 1. The summed E-state index contributed by atoms with van der Waals surface area (Å²) in [5.74, 6) is 1.60. The van der Waals surface area contributed by atoms with E-state index in [0.717, 1.165) is 64.5 Å². The number of anilines is 2. The molecule has 2 saturated heterocycles. The Morgan fingerprint density at radius 2 is 1.81 bits per heavy atom. The Morgan fingerprint density at radius 3 is 2.48 bits per heavy atom. The number of carbonyl (C=O) groups is 2. The van der Waals surface area contributed by atoms with Gasteiger partial charge in [-0.2, -0.15) is 0 Å². The second-order valence-electron chi connectivity index (χ2n) is 8.30. The van der Waals surface area contributed by atoms with Crippen LogP contribution >= 0.6 is 0 Å². The van der Waals surface area contributed by atoms with E-state index < -0.39 is 6.03 Å². The normalized spacial score (nSPS) is 19.8. The van der Waals surface area contributed by atoms with E-state index in [1.165, 1.54) is 0 Å². The molecule has 2 fully saturated rings. The Morgan fingerprint density at radius 1 is 1.03 bits per heavy atom. The van der Waals surface area contributed by atoms with Gasteiger partial charge in [-0.3, -0.25) is 9.69 Å². The molecule has 3 amide bonds. The number of rotatable bonds is 5. The minimum atomic E-state index is -0.612. The highest BCUT2D eigenvalue weighted by Gasteiger charge is 2.27. The molecule has 0 spiro atoms. The Kier molecular flexibility index (Phi) is 6.66. The molecule has 3 N–H and O–H groups in total. The predicted octanol–water partition coefficient (Wildman–Crippen LogP) is 2.25. The number of urea groups is 1. The topological polar surface area (TPSA) is 94.8 Å². The number of pyridine rings is 1. The van der Waals surface area contributed by atoms with Crippen molar-refractivity contribution in [2.75, 3.05) is 56.0 Å². The molecule has 0 radical (unpaired) electrons. The lowest BCUT2D eigenvalue weighted by molar-refractivity contribution is 0.0637. The van der Waals surface area contributed by atoms with Crippen molar-refractivity contribution in [3.05, 3.63) is 54.2 Å². The van der Waals surface area contributed by atoms with Crippen LogP contribution in [-0.4, -0.2) is 72.5 Å². The fraction of sp³-hybridized carbons (Fsp3) is 0.435. The Bertz CT molecular complexity index is 881. The number of nitrogens with zero attached hydrogens (tertiary/aromatic N) is 4. The molecule has 0 saturated carbocycles. The summed E-state index contributed by atoms with van der Waals surface area (Å²) in [6.07, 6.45) is 4.04. The van der Waals surface area contributed by atoms with Gasteiger partial charge in [0, 0.05) is 63.3 Å². The Hall–Kier alpha value is -3.13. The van der Waals surface area contributed by atoms with Gasteiger partial charge >= 0.3 is 6.03 Å². The molecule has 164 valence electrons. The minimum absolute atomic E-state index is 0.0512. The molecular formula is C23H30N6O2. The van der Waals surface area contributed by atoms with Crippen molar-refractivity contribution < 1.29 is 9.59 Å². The largest absolute Gasteiger partial charge is 0.354 e. The zero-order valence-corrected chi connectivity index (χ0v) is 17.7. The number of nitrogens with one attached hydrogen (secondary N) is 1. The fourth-order valence-corrected chi connectivity index (χ4v) is 4.49. The van der Waals surface area contributed by atoms with Crippen LogP contribution in [0.1, 0.15) is 23.2 Å². The number of likely N-dealkylation sites (tertiary alicyclic amines) is 1. The first-order valence-corrected chi connectivity index (χ1v) is 10.9. The molecule has 1 aromatic carbocycles. The van der Waals surface area contributed by atoms with Crippen molar-refractivity contribution in [3.8, 4) is 0 Å². The highest BCUT2D eigenvalue weighted by atomic mass is 16.2. The van der Waals surface area contributed by atoms with Crippen molar-refractivity contribution in [2.45, 2.75) is 12.8 Å². The van der Waals surface area contributed by atoms with Gasteiger partial charge in [-0.15, -0.1) is 0 Å². The molecule has 2 aliphatic heterocycles. The summed E-state index contributed by atoms with van der Waals surface area (Å²) in [4.78, 5) is 35.2. The lowest BCUT2D eigenvalue weighted by Crippen LogP contribution is -2.50. The maximum Gasteiger partial charge on any atom is 0.316 e. The number of nitrogens with two attached hydrogens (primary N) is 1. The molecule has 3 heterocycles. The molecule has 1 unspecified atom stereocenters. The van der Waals surface area contributed by atoms with Gasteiger partial charge in [-0.25, -0.2) is 9.78 Å². The summed E-state index contributed by atoms with van der Waals surface area (Å²) in [6.45, 7) is 6.63. The van der Waals surface area contributed by atoms with Crippen LogP contribution in [0, 0.1) is 5.92 Å². The summed E-state index contributed by atoms with van der Waals surface area (Å²) in [6, 6.07) is 12.3. The van der Waals surface area contributed by atoms with Gasteiger partial charge in [0.15, 0.2) is 0 Å². The number of amides is 3. The number of piperidine rings is 1. The van der Waals surface area contributed by atoms with Crippen molar-refractivity contribution in [2.24, 2.45) is 11.7 Å². The van der Waals surface area contributed by atoms with Crippen LogP contribution < -0.4 is 16.0 Å². The molecule has 8 heteroatoms. The second-order valence-corrected chi connectivity index (χ2v) is 8.30. The van der Waals surface area contributed by atoms with Gasteiger partial charge < -0.3 is 20.9 Å². The first kappa shape index (κ1) is 21.1. The highest BCUT2D eigenvalue weighted by Crippen LogP contribution is 2.22. The van der Waals surface area contributed by atoms with Gasteiger partial charge in [-0.05, 0) is 55.2 Å². The van der Waals surface area contributed by atoms with Gasteiger partial charge in [-0.1, -0.05) is 6.07 Å². The van der Waals surface area contributed by atoms with Crippen molar-refractivity contribution in [1.82, 2.24) is 14.8 Å². The third-order valence-corrected chi connectivity index (χ3v) is 6.07. The van der Waals surface area contributed by atoms with Crippen molar-refractivity contribution >= 4 is 23.4 Å². The maximum atomic E-state index is 13.0. The van der Waals surface area contributed by atoms with Crippen LogP contribution in [-0.2, 0) is 0 Å². The minimum Gasteiger partial charge on any atom is -0.354 e. The predicted molar refractivity (Wildman–Crippen MR) is 121 cm³/mol. The Balaban J connectivity index is 1.28. The highest BCUT2D eigenvalue weighted by molar-refractivity contribution is 5.95. The van der Waals surface area contributed by atoms with Gasteiger partial charge in [0.1, 0.15) is 5.82 Å². The second kappa shape index (κ2) is 9.78. The molecule has 8 nitrogen and oxygen atoms in total. The van der Waals surface area contributed by atoms with E-state index in [-0.39, 0.29) is 5.91 Å². The van der Waals surface area contributed by atoms with Crippen LogP contribution in [0.4, 0.5) is 16.3 Å². The van der Waals surface area contributed by atoms with Crippen molar-refractivity contribution in [1.29, 1.82) is 0 Å². The summed E-state index contributed by atoms with van der Waals surface area (Å²) < 4.78 is 0. The average Bonchev–Trinajstić information content (AvgIpc) is 2.80. The molecule has 1 atom stereocenters. The number of hydrogen-bond acceptors (Lipinski definition) is 5. The van der Waals surface area contributed by atoms with E-state index >= 15 is 0 Å². The lowest BCUT2D eigenvalue weighted by atomic mass is 9.96.